The lowest BCUT2D eigenvalue weighted by Gasteiger charge is -2.22. The Morgan fingerprint density at radius 1 is 1.47 bits per heavy atom. The maximum atomic E-state index is 11.9. The van der Waals surface area contributed by atoms with Crippen molar-refractivity contribution >= 4 is 21.6 Å². The zero-order valence-electron chi connectivity index (χ0n) is 10.0. The second kappa shape index (κ2) is 6.33. The standard InChI is InChI=1S/C11H17ClN2O2S/c1-10(9-12)14(2)17(15,16)8-6-11-5-3-4-7-13-11/h3-5,7,10H,6,8-9H2,1-2H3. The van der Waals surface area contributed by atoms with Gasteiger partial charge in [0.25, 0.3) is 0 Å². The molecule has 0 spiro atoms. The Kier molecular flexibility index (Phi) is 5.36. The summed E-state index contributed by atoms with van der Waals surface area (Å²) in [6, 6.07) is 5.28. The first-order valence-electron chi connectivity index (χ1n) is 5.39. The van der Waals surface area contributed by atoms with Gasteiger partial charge >= 0.3 is 0 Å². The highest BCUT2D eigenvalue weighted by Gasteiger charge is 2.22. The van der Waals surface area contributed by atoms with E-state index in [-0.39, 0.29) is 11.8 Å². The van der Waals surface area contributed by atoms with Gasteiger partial charge in [-0.1, -0.05) is 6.07 Å². The number of aryl methyl sites for hydroxylation is 1. The van der Waals surface area contributed by atoms with Crippen molar-refractivity contribution in [3.8, 4) is 0 Å². The molecule has 1 aromatic heterocycles. The molecule has 0 aliphatic rings. The highest BCUT2D eigenvalue weighted by molar-refractivity contribution is 7.89. The van der Waals surface area contributed by atoms with Crippen LogP contribution in [0.2, 0.25) is 0 Å². The molecule has 0 amide bonds. The molecule has 1 rings (SSSR count). The highest BCUT2D eigenvalue weighted by Crippen LogP contribution is 2.08. The quantitative estimate of drug-likeness (QED) is 0.740. The average molecular weight is 277 g/mol. The Hall–Kier alpha value is -0.650. The molecule has 6 heteroatoms. The van der Waals surface area contributed by atoms with Crippen molar-refractivity contribution in [2.24, 2.45) is 0 Å². The molecule has 1 atom stereocenters. The van der Waals surface area contributed by atoms with Crippen molar-refractivity contribution in [3.63, 3.8) is 0 Å². The second-order valence-electron chi connectivity index (χ2n) is 3.91. The van der Waals surface area contributed by atoms with Crippen LogP contribution in [0.25, 0.3) is 0 Å². The minimum atomic E-state index is -3.26. The van der Waals surface area contributed by atoms with Crippen LogP contribution in [0.3, 0.4) is 0 Å². The molecular formula is C11H17ClN2O2S. The number of rotatable bonds is 6. The molecule has 0 aliphatic carbocycles. The molecule has 0 radical (unpaired) electrons. The van der Waals surface area contributed by atoms with Crippen molar-refractivity contribution in [1.29, 1.82) is 0 Å². The SMILES string of the molecule is CC(CCl)N(C)S(=O)(=O)CCc1ccccn1. The van der Waals surface area contributed by atoms with Gasteiger partial charge in [0.05, 0.1) is 5.75 Å². The van der Waals surface area contributed by atoms with Crippen molar-refractivity contribution in [3.05, 3.63) is 30.1 Å². The summed E-state index contributed by atoms with van der Waals surface area (Å²) in [5.74, 6) is 0.348. The number of aromatic nitrogens is 1. The number of hydrogen-bond acceptors (Lipinski definition) is 3. The average Bonchev–Trinajstić information content (AvgIpc) is 2.36. The third-order valence-electron chi connectivity index (χ3n) is 2.63. The summed E-state index contributed by atoms with van der Waals surface area (Å²) in [5.41, 5.74) is 0.781. The monoisotopic (exact) mass is 276 g/mol. The number of nitrogens with zero attached hydrogens (tertiary/aromatic N) is 2. The zero-order valence-corrected chi connectivity index (χ0v) is 11.6. The third-order valence-corrected chi connectivity index (χ3v) is 5.03. The fourth-order valence-electron chi connectivity index (χ4n) is 1.29. The Labute approximate surface area is 108 Å². The highest BCUT2D eigenvalue weighted by atomic mass is 35.5. The van der Waals surface area contributed by atoms with Gasteiger partial charge in [-0.25, -0.2) is 12.7 Å². The summed E-state index contributed by atoms with van der Waals surface area (Å²) in [6.07, 6.45) is 2.08. The second-order valence-corrected chi connectivity index (χ2v) is 6.36. The van der Waals surface area contributed by atoms with E-state index in [1.54, 1.807) is 26.2 Å². The summed E-state index contributed by atoms with van der Waals surface area (Å²) in [6.45, 7) is 1.78. The normalized spacial score (nSPS) is 13.9. The molecule has 4 nitrogen and oxygen atoms in total. The van der Waals surface area contributed by atoms with Crippen LogP contribution >= 0.6 is 11.6 Å². The maximum Gasteiger partial charge on any atom is 0.214 e. The molecule has 1 heterocycles. The van der Waals surface area contributed by atoms with Gasteiger partial charge in [-0.3, -0.25) is 4.98 Å². The van der Waals surface area contributed by atoms with Crippen molar-refractivity contribution in [2.45, 2.75) is 19.4 Å². The van der Waals surface area contributed by atoms with Crippen LogP contribution in [0.5, 0.6) is 0 Å². The van der Waals surface area contributed by atoms with Crippen molar-refractivity contribution in [1.82, 2.24) is 9.29 Å². The molecule has 0 fully saturated rings. The zero-order chi connectivity index (χ0) is 12.9. The van der Waals surface area contributed by atoms with Crippen LogP contribution < -0.4 is 0 Å². The first-order valence-corrected chi connectivity index (χ1v) is 7.53. The number of alkyl halides is 1. The van der Waals surface area contributed by atoms with Crippen LogP contribution in [-0.4, -0.2) is 42.4 Å². The number of pyridine rings is 1. The Bertz CT molecular complexity index is 436. The molecule has 1 aromatic rings. The lowest BCUT2D eigenvalue weighted by molar-refractivity contribution is 0.413. The number of sulfonamides is 1. The summed E-state index contributed by atoms with van der Waals surface area (Å²) in [5, 5.41) is 0. The molecule has 0 saturated heterocycles. The largest absolute Gasteiger partial charge is 0.261 e. The van der Waals surface area contributed by atoms with Crippen LogP contribution in [0, 0.1) is 0 Å². The molecule has 0 N–H and O–H groups in total. The van der Waals surface area contributed by atoms with Gasteiger partial charge in [0, 0.05) is 37.3 Å². The first-order chi connectivity index (χ1) is 7.97. The van der Waals surface area contributed by atoms with Crippen LogP contribution in [-0.2, 0) is 16.4 Å². The fraction of sp³-hybridized carbons (Fsp3) is 0.545. The molecule has 1 unspecified atom stereocenters. The van der Waals surface area contributed by atoms with Crippen molar-refractivity contribution in [2.75, 3.05) is 18.7 Å². The van der Waals surface area contributed by atoms with E-state index in [1.807, 2.05) is 12.1 Å². The van der Waals surface area contributed by atoms with E-state index in [1.165, 1.54) is 4.31 Å². The van der Waals surface area contributed by atoms with Gasteiger partial charge in [0.15, 0.2) is 0 Å². The van der Waals surface area contributed by atoms with Gasteiger partial charge in [-0.05, 0) is 19.1 Å². The lowest BCUT2D eigenvalue weighted by atomic mass is 10.3. The third kappa shape index (κ3) is 4.26. The molecule has 0 aromatic carbocycles. The summed E-state index contributed by atoms with van der Waals surface area (Å²) in [4.78, 5) is 4.10. The molecule has 17 heavy (non-hydrogen) atoms. The summed E-state index contributed by atoms with van der Waals surface area (Å²) in [7, 11) is -1.70. The summed E-state index contributed by atoms with van der Waals surface area (Å²) < 4.78 is 25.2. The van der Waals surface area contributed by atoms with Gasteiger partial charge < -0.3 is 0 Å². The van der Waals surface area contributed by atoms with E-state index in [0.717, 1.165) is 5.69 Å². The predicted octanol–water partition coefficient (Wildman–Crippen LogP) is 1.51. The molecule has 0 saturated carbocycles. The predicted molar refractivity (Wildman–Crippen MR) is 69.7 cm³/mol. The van der Waals surface area contributed by atoms with Gasteiger partial charge in [-0.15, -0.1) is 11.6 Å². The van der Waals surface area contributed by atoms with E-state index in [9.17, 15) is 8.42 Å². The van der Waals surface area contributed by atoms with E-state index >= 15 is 0 Å². The molecule has 0 aliphatic heterocycles. The van der Waals surface area contributed by atoms with E-state index < -0.39 is 10.0 Å². The van der Waals surface area contributed by atoms with Gasteiger partial charge in [0.2, 0.25) is 10.0 Å². The Balaban J connectivity index is 2.62. The summed E-state index contributed by atoms with van der Waals surface area (Å²) >= 11 is 5.65. The Morgan fingerprint density at radius 3 is 2.71 bits per heavy atom. The van der Waals surface area contributed by atoms with E-state index in [4.69, 9.17) is 11.6 Å². The molecule has 0 bridgehead atoms. The smallest absolute Gasteiger partial charge is 0.214 e. The minimum Gasteiger partial charge on any atom is -0.261 e. The maximum absolute atomic E-state index is 11.9. The number of halogens is 1. The topological polar surface area (TPSA) is 50.3 Å². The fourth-order valence-corrected chi connectivity index (χ4v) is 2.96. The first kappa shape index (κ1) is 14.4. The van der Waals surface area contributed by atoms with Gasteiger partial charge in [-0.2, -0.15) is 0 Å². The lowest BCUT2D eigenvalue weighted by Crippen LogP contribution is -2.38. The van der Waals surface area contributed by atoms with Gasteiger partial charge in [0.1, 0.15) is 0 Å². The Morgan fingerprint density at radius 2 is 2.18 bits per heavy atom. The minimum absolute atomic E-state index is 0.0573. The molecular weight excluding hydrogens is 260 g/mol. The molecule has 96 valence electrons. The van der Waals surface area contributed by atoms with E-state index in [0.29, 0.717) is 12.3 Å². The van der Waals surface area contributed by atoms with Crippen LogP contribution in [0.4, 0.5) is 0 Å². The van der Waals surface area contributed by atoms with Crippen LogP contribution in [0.1, 0.15) is 12.6 Å². The number of hydrogen-bond donors (Lipinski definition) is 0. The van der Waals surface area contributed by atoms with Crippen molar-refractivity contribution < 1.29 is 8.42 Å². The van der Waals surface area contributed by atoms with E-state index in [2.05, 4.69) is 4.98 Å². The van der Waals surface area contributed by atoms with Crippen LogP contribution in [0.15, 0.2) is 24.4 Å².